The van der Waals surface area contributed by atoms with Gasteiger partial charge in [-0.25, -0.2) is 0 Å². The molecule has 7 heteroatoms. The van der Waals surface area contributed by atoms with E-state index in [-0.39, 0.29) is 29.3 Å². The standard InChI is InChI=1S/C22H18N2O5/c1-29-18-10-7-15(8-11-18)13-21(25)23-20-12-9-17(24(27)28)14-19(20)22(26)16-5-3-2-4-6-16/h2-12,14H,13H2,1H3,(H,23,25). The van der Waals surface area contributed by atoms with E-state index < -0.39 is 10.7 Å². The first-order valence-electron chi connectivity index (χ1n) is 8.79. The number of carbonyl (C=O) groups is 2. The monoisotopic (exact) mass is 390 g/mol. The molecule has 0 bridgehead atoms. The van der Waals surface area contributed by atoms with Crippen LogP contribution in [-0.2, 0) is 11.2 Å². The Morgan fingerprint density at radius 3 is 2.31 bits per heavy atom. The van der Waals surface area contributed by atoms with Crippen molar-refractivity contribution in [3.05, 3.63) is 99.6 Å². The molecular formula is C22H18N2O5. The summed E-state index contributed by atoms with van der Waals surface area (Å²) in [6, 6.07) is 19.2. The van der Waals surface area contributed by atoms with Gasteiger partial charge in [-0.05, 0) is 23.8 Å². The highest BCUT2D eigenvalue weighted by Gasteiger charge is 2.19. The molecule has 3 aromatic carbocycles. The zero-order valence-corrected chi connectivity index (χ0v) is 15.6. The van der Waals surface area contributed by atoms with Gasteiger partial charge >= 0.3 is 0 Å². The van der Waals surface area contributed by atoms with Gasteiger partial charge in [0.2, 0.25) is 5.91 Å². The van der Waals surface area contributed by atoms with Crippen LogP contribution in [0.15, 0.2) is 72.8 Å². The predicted octanol–water partition coefficient (Wildman–Crippen LogP) is 4.02. The van der Waals surface area contributed by atoms with Crippen LogP contribution in [-0.4, -0.2) is 23.7 Å². The molecule has 0 atom stereocenters. The molecular weight excluding hydrogens is 372 g/mol. The molecule has 0 aromatic heterocycles. The van der Waals surface area contributed by atoms with E-state index >= 15 is 0 Å². The molecule has 0 unspecified atom stereocenters. The number of amides is 1. The molecule has 3 rings (SSSR count). The number of hydrogen-bond donors (Lipinski definition) is 1. The van der Waals surface area contributed by atoms with Crippen LogP contribution in [0, 0.1) is 10.1 Å². The number of hydrogen-bond acceptors (Lipinski definition) is 5. The average molecular weight is 390 g/mol. The Labute approximate surface area is 167 Å². The van der Waals surface area contributed by atoms with Crippen molar-refractivity contribution in [1.82, 2.24) is 0 Å². The molecule has 0 aliphatic heterocycles. The van der Waals surface area contributed by atoms with Gasteiger partial charge in [0, 0.05) is 17.7 Å². The summed E-state index contributed by atoms with van der Waals surface area (Å²) in [6.07, 6.45) is 0.0833. The average Bonchev–Trinajstić information content (AvgIpc) is 2.74. The molecule has 1 N–H and O–H groups in total. The summed E-state index contributed by atoms with van der Waals surface area (Å²) in [6.45, 7) is 0. The van der Waals surface area contributed by atoms with Crippen LogP contribution in [0.4, 0.5) is 11.4 Å². The van der Waals surface area contributed by atoms with Gasteiger partial charge < -0.3 is 10.1 Å². The van der Waals surface area contributed by atoms with Gasteiger partial charge in [-0.3, -0.25) is 19.7 Å². The van der Waals surface area contributed by atoms with Gasteiger partial charge in [0.05, 0.1) is 29.7 Å². The number of nitro benzene ring substituents is 1. The summed E-state index contributed by atoms with van der Waals surface area (Å²) in [4.78, 5) is 35.9. The van der Waals surface area contributed by atoms with E-state index in [4.69, 9.17) is 4.74 Å². The highest BCUT2D eigenvalue weighted by Crippen LogP contribution is 2.25. The Morgan fingerprint density at radius 2 is 1.69 bits per heavy atom. The fraction of sp³-hybridized carbons (Fsp3) is 0.0909. The minimum Gasteiger partial charge on any atom is -0.497 e. The molecule has 29 heavy (non-hydrogen) atoms. The van der Waals surface area contributed by atoms with E-state index in [2.05, 4.69) is 5.32 Å². The maximum atomic E-state index is 12.9. The molecule has 0 spiro atoms. The van der Waals surface area contributed by atoms with Crippen molar-refractivity contribution in [3.8, 4) is 5.75 Å². The minimum absolute atomic E-state index is 0.0634. The van der Waals surface area contributed by atoms with E-state index in [1.807, 2.05) is 0 Å². The summed E-state index contributed by atoms with van der Waals surface area (Å²) in [5, 5.41) is 13.8. The van der Waals surface area contributed by atoms with Crippen LogP contribution in [0.25, 0.3) is 0 Å². The second-order valence-corrected chi connectivity index (χ2v) is 6.26. The highest BCUT2D eigenvalue weighted by atomic mass is 16.6. The second kappa shape index (κ2) is 8.79. The van der Waals surface area contributed by atoms with Gasteiger partial charge in [-0.15, -0.1) is 0 Å². The minimum atomic E-state index is -0.579. The number of nitro groups is 1. The Hall–Kier alpha value is -4.00. The third-order valence-electron chi connectivity index (χ3n) is 4.29. The second-order valence-electron chi connectivity index (χ2n) is 6.26. The molecule has 0 saturated heterocycles. The van der Waals surface area contributed by atoms with Crippen molar-refractivity contribution >= 4 is 23.1 Å². The highest BCUT2D eigenvalue weighted by molar-refractivity contribution is 6.14. The zero-order chi connectivity index (χ0) is 20.8. The largest absolute Gasteiger partial charge is 0.497 e. The van der Waals surface area contributed by atoms with Crippen molar-refractivity contribution < 1.29 is 19.2 Å². The first-order valence-corrected chi connectivity index (χ1v) is 8.79. The third kappa shape index (κ3) is 4.84. The first kappa shape index (κ1) is 19.8. The maximum absolute atomic E-state index is 12.9. The zero-order valence-electron chi connectivity index (χ0n) is 15.6. The first-order chi connectivity index (χ1) is 14.0. The van der Waals surface area contributed by atoms with Crippen LogP contribution in [0.1, 0.15) is 21.5 Å². The summed E-state index contributed by atoms with van der Waals surface area (Å²) < 4.78 is 5.09. The third-order valence-corrected chi connectivity index (χ3v) is 4.29. The number of anilines is 1. The number of benzene rings is 3. The Bertz CT molecular complexity index is 1050. The molecule has 146 valence electrons. The lowest BCUT2D eigenvalue weighted by molar-refractivity contribution is -0.384. The molecule has 0 saturated carbocycles. The van der Waals surface area contributed by atoms with Crippen LogP contribution < -0.4 is 10.1 Å². The summed E-state index contributed by atoms with van der Waals surface area (Å²) in [7, 11) is 1.56. The summed E-state index contributed by atoms with van der Waals surface area (Å²) in [5.74, 6) is -0.0690. The Balaban J connectivity index is 1.86. The SMILES string of the molecule is COc1ccc(CC(=O)Nc2ccc([N+](=O)[O-])cc2C(=O)c2ccccc2)cc1. The van der Waals surface area contributed by atoms with Crippen molar-refractivity contribution in [2.45, 2.75) is 6.42 Å². The van der Waals surface area contributed by atoms with Crippen molar-refractivity contribution in [1.29, 1.82) is 0 Å². The van der Waals surface area contributed by atoms with Crippen molar-refractivity contribution in [2.24, 2.45) is 0 Å². The molecule has 0 aliphatic carbocycles. The molecule has 0 aliphatic rings. The number of methoxy groups -OCH3 is 1. The number of carbonyl (C=O) groups excluding carboxylic acids is 2. The summed E-state index contributed by atoms with van der Waals surface area (Å²) in [5.41, 5.74) is 1.20. The Morgan fingerprint density at radius 1 is 1.00 bits per heavy atom. The number of nitrogens with zero attached hydrogens (tertiary/aromatic N) is 1. The van der Waals surface area contributed by atoms with E-state index in [1.54, 1.807) is 61.7 Å². The number of non-ortho nitro benzene ring substituents is 1. The quantitative estimate of drug-likeness (QED) is 0.373. The van der Waals surface area contributed by atoms with Gasteiger partial charge in [0.25, 0.3) is 5.69 Å². The lowest BCUT2D eigenvalue weighted by Crippen LogP contribution is -2.17. The smallest absolute Gasteiger partial charge is 0.270 e. The lowest BCUT2D eigenvalue weighted by atomic mass is 10.0. The van der Waals surface area contributed by atoms with Crippen LogP contribution >= 0.6 is 0 Å². The van der Waals surface area contributed by atoms with E-state index in [0.29, 0.717) is 11.3 Å². The fourth-order valence-corrected chi connectivity index (χ4v) is 2.81. The lowest BCUT2D eigenvalue weighted by Gasteiger charge is -2.11. The van der Waals surface area contributed by atoms with Crippen molar-refractivity contribution in [3.63, 3.8) is 0 Å². The molecule has 7 nitrogen and oxygen atoms in total. The maximum Gasteiger partial charge on any atom is 0.270 e. The van der Waals surface area contributed by atoms with Crippen molar-refractivity contribution in [2.75, 3.05) is 12.4 Å². The normalized spacial score (nSPS) is 10.2. The molecule has 1 amide bonds. The van der Waals surface area contributed by atoms with E-state index in [0.717, 1.165) is 5.56 Å². The van der Waals surface area contributed by atoms with Crippen LogP contribution in [0.5, 0.6) is 5.75 Å². The van der Waals surface area contributed by atoms with Crippen LogP contribution in [0.2, 0.25) is 0 Å². The van der Waals surface area contributed by atoms with E-state index in [1.165, 1.54) is 18.2 Å². The van der Waals surface area contributed by atoms with E-state index in [9.17, 15) is 19.7 Å². The predicted molar refractivity (Wildman–Crippen MR) is 108 cm³/mol. The number of nitrogens with one attached hydrogen (secondary N) is 1. The molecule has 0 heterocycles. The fourth-order valence-electron chi connectivity index (χ4n) is 2.81. The molecule has 0 radical (unpaired) electrons. The van der Waals surface area contributed by atoms with Gasteiger partial charge in [0.15, 0.2) is 5.78 Å². The number of ether oxygens (including phenoxy) is 1. The van der Waals surface area contributed by atoms with Crippen LogP contribution in [0.3, 0.4) is 0 Å². The molecule has 0 fully saturated rings. The van der Waals surface area contributed by atoms with Gasteiger partial charge in [-0.1, -0.05) is 42.5 Å². The number of ketones is 1. The Kier molecular flexibility index (Phi) is 5.99. The topological polar surface area (TPSA) is 98.5 Å². The van der Waals surface area contributed by atoms with Gasteiger partial charge in [0.1, 0.15) is 5.75 Å². The summed E-state index contributed by atoms with van der Waals surface area (Å²) >= 11 is 0. The van der Waals surface area contributed by atoms with Gasteiger partial charge in [-0.2, -0.15) is 0 Å². The molecule has 3 aromatic rings. The number of rotatable bonds is 7.